The standard InChI is InChI=1S/C16H23NO3/c1-17(2)14-5-3-4-13(12-14)15(18)6-8-16(9-7-15)19-10-11-20-16/h3-5,12,18H,6-11H2,1-2H3. The SMILES string of the molecule is CN(C)c1cccc(C2(O)CCC3(CC2)OCCO3)c1. The summed E-state index contributed by atoms with van der Waals surface area (Å²) in [6.45, 7) is 1.35. The Morgan fingerprint density at radius 2 is 1.70 bits per heavy atom. The molecule has 3 rings (SSSR count). The van der Waals surface area contributed by atoms with Crippen LogP contribution in [0.1, 0.15) is 31.2 Å². The first kappa shape index (κ1) is 13.9. The summed E-state index contributed by atoms with van der Waals surface area (Å²) >= 11 is 0. The van der Waals surface area contributed by atoms with E-state index in [1.165, 1.54) is 0 Å². The third-order valence-corrected chi connectivity index (χ3v) is 4.55. The molecule has 1 aliphatic carbocycles. The van der Waals surface area contributed by atoms with Crippen molar-refractivity contribution in [2.24, 2.45) is 0 Å². The summed E-state index contributed by atoms with van der Waals surface area (Å²) in [6, 6.07) is 8.16. The summed E-state index contributed by atoms with van der Waals surface area (Å²) in [5.74, 6) is -0.425. The predicted octanol–water partition coefficient (Wildman–Crippen LogP) is 2.26. The van der Waals surface area contributed by atoms with E-state index in [1.807, 2.05) is 26.2 Å². The van der Waals surface area contributed by atoms with Gasteiger partial charge in [-0.2, -0.15) is 0 Å². The molecule has 1 spiro atoms. The van der Waals surface area contributed by atoms with Gasteiger partial charge >= 0.3 is 0 Å². The highest BCUT2D eigenvalue weighted by atomic mass is 16.7. The minimum atomic E-state index is -0.757. The number of benzene rings is 1. The number of aliphatic hydroxyl groups is 1. The molecule has 0 aromatic heterocycles. The molecular formula is C16H23NO3. The zero-order chi connectivity index (χ0) is 14.2. The largest absolute Gasteiger partial charge is 0.385 e. The van der Waals surface area contributed by atoms with Crippen molar-refractivity contribution in [1.82, 2.24) is 0 Å². The fraction of sp³-hybridized carbons (Fsp3) is 0.625. The molecule has 20 heavy (non-hydrogen) atoms. The second-order valence-electron chi connectivity index (χ2n) is 6.08. The van der Waals surface area contributed by atoms with E-state index in [0.29, 0.717) is 26.1 Å². The predicted molar refractivity (Wildman–Crippen MR) is 77.8 cm³/mol. The Hall–Kier alpha value is -1.10. The van der Waals surface area contributed by atoms with Gasteiger partial charge in [-0.15, -0.1) is 0 Å². The van der Waals surface area contributed by atoms with Crippen molar-refractivity contribution >= 4 is 5.69 Å². The number of hydrogen-bond acceptors (Lipinski definition) is 4. The lowest BCUT2D eigenvalue weighted by Crippen LogP contribution is -2.42. The lowest BCUT2D eigenvalue weighted by atomic mass is 9.77. The van der Waals surface area contributed by atoms with Crippen LogP contribution in [-0.2, 0) is 15.1 Å². The molecular weight excluding hydrogens is 254 g/mol. The van der Waals surface area contributed by atoms with Crippen LogP contribution in [0.25, 0.3) is 0 Å². The van der Waals surface area contributed by atoms with Crippen LogP contribution < -0.4 is 4.90 Å². The van der Waals surface area contributed by atoms with Crippen molar-refractivity contribution in [3.8, 4) is 0 Å². The minimum Gasteiger partial charge on any atom is -0.385 e. The monoisotopic (exact) mass is 277 g/mol. The van der Waals surface area contributed by atoms with E-state index in [4.69, 9.17) is 9.47 Å². The molecule has 4 nitrogen and oxygen atoms in total. The van der Waals surface area contributed by atoms with Gasteiger partial charge in [-0.3, -0.25) is 0 Å². The molecule has 1 saturated heterocycles. The van der Waals surface area contributed by atoms with Crippen LogP contribution in [0.15, 0.2) is 24.3 Å². The first-order chi connectivity index (χ1) is 9.53. The lowest BCUT2D eigenvalue weighted by Gasteiger charge is -2.41. The fourth-order valence-electron chi connectivity index (χ4n) is 3.19. The van der Waals surface area contributed by atoms with Gasteiger partial charge in [0.1, 0.15) is 0 Å². The van der Waals surface area contributed by atoms with Gasteiger partial charge < -0.3 is 19.5 Å². The Balaban J connectivity index is 1.78. The van der Waals surface area contributed by atoms with E-state index in [-0.39, 0.29) is 0 Å². The summed E-state index contributed by atoms with van der Waals surface area (Å²) in [5, 5.41) is 11.0. The number of ether oxygens (including phenoxy) is 2. The highest BCUT2D eigenvalue weighted by molar-refractivity contribution is 5.48. The van der Waals surface area contributed by atoms with Crippen LogP contribution in [0.5, 0.6) is 0 Å². The van der Waals surface area contributed by atoms with Gasteiger partial charge in [-0.05, 0) is 30.5 Å². The highest BCUT2D eigenvalue weighted by Crippen LogP contribution is 2.45. The summed E-state index contributed by atoms with van der Waals surface area (Å²) in [6.07, 6.45) is 2.89. The maximum atomic E-state index is 11.0. The number of nitrogens with zero attached hydrogens (tertiary/aromatic N) is 1. The van der Waals surface area contributed by atoms with E-state index in [0.717, 1.165) is 24.1 Å². The first-order valence-electron chi connectivity index (χ1n) is 7.31. The summed E-state index contributed by atoms with van der Waals surface area (Å²) in [7, 11) is 4.03. The molecule has 4 heteroatoms. The van der Waals surface area contributed by atoms with Gasteiger partial charge in [0.25, 0.3) is 0 Å². The molecule has 0 radical (unpaired) electrons. The van der Waals surface area contributed by atoms with Crippen LogP contribution in [0.4, 0.5) is 5.69 Å². The maximum absolute atomic E-state index is 11.0. The molecule has 1 heterocycles. The van der Waals surface area contributed by atoms with Gasteiger partial charge in [0.2, 0.25) is 0 Å². The zero-order valence-electron chi connectivity index (χ0n) is 12.3. The topological polar surface area (TPSA) is 41.9 Å². The van der Waals surface area contributed by atoms with Crippen LogP contribution in [0, 0.1) is 0 Å². The number of anilines is 1. The molecule has 0 amide bonds. The summed E-state index contributed by atoms with van der Waals surface area (Å²) in [5.41, 5.74) is 1.35. The van der Waals surface area contributed by atoms with Crippen molar-refractivity contribution < 1.29 is 14.6 Å². The molecule has 2 fully saturated rings. The minimum absolute atomic E-state index is 0.425. The van der Waals surface area contributed by atoms with Gasteiger partial charge in [-0.25, -0.2) is 0 Å². The van der Waals surface area contributed by atoms with Crippen LogP contribution >= 0.6 is 0 Å². The van der Waals surface area contributed by atoms with Crippen LogP contribution in [-0.4, -0.2) is 38.2 Å². The Kier molecular flexibility index (Phi) is 3.48. The van der Waals surface area contributed by atoms with Crippen molar-refractivity contribution in [3.05, 3.63) is 29.8 Å². The van der Waals surface area contributed by atoms with E-state index in [1.54, 1.807) is 0 Å². The smallest absolute Gasteiger partial charge is 0.168 e. The average Bonchev–Trinajstić information content (AvgIpc) is 2.92. The van der Waals surface area contributed by atoms with Gasteiger partial charge in [-0.1, -0.05) is 12.1 Å². The zero-order valence-corrected chi connectivity index (χ0v) is 12.3. The molecule has 1 aliphatic heterocycles. The molecule has 0 atom stereocenters. The third-order valence-electron chi connectivity index (χ3n) is 4.55. The van der Waals surface area contributed by atoms with E-state index in [9.17, 15) is 5.11 Å². The molecule has 110 valence electrons. The van der Waals surface area contributed by atoms with Crippen molar-refractivity contribution in [2.45, 2.75) is 37.1 Å². The summed E-state index contributed by atoms with van der Waals surface area (Å²) < 4.78 is 11.5. The number of rotatable bonds is 2. The molecule has 1 N–H and O–H groups in total. The van der Waals surface area contributed by atoms with Crippen molar-refractivity contribution in [2.75, 3.05) is 32.2 Å². The van der Waals surface area contributed by atoms with Crippen molar-refractivity contribution in [1.29, 1.82) is 0 Å². The van der Waals surface area contributed by atoms with Crippen molar-refractivity contribution in [3.63, 3.8) is 0 Å². The molecule has 1 saturated carbocycles. The van der Waals surface area contributed by atoms with E-state index < -0.39 is 11.4 Å². The third kappa shape index (κ3) is 2.43. The lowest BCUT2D eigenvalue weighted by molar-refractivity contribution is -0.204. The molecule has 2 aliphatic rings. The number of hydrogen-bond donors (Lipinski definition) is 1. The second kappa shape index (κ2) is 5.02. The van der Waals surface area contributed by atoms with Crippen LogP contribution in [0.2, 0.25) is 0 Å². The Morgan fingerprint density at radius 1 is 1.05 bits per heavy atom. The van der Waals surface area contributed by atoms with Gasteiger partial charge in [0.15, 0.2) is 5.79 Å². The second-order valence-corrected chi connectivity index (χ2v) is 6.08. The van der Waals surface area contributed by atoms with Crippen LogP contribution in [0.3, 0.4) is 0 Å². The Bertz CT molecular complexity index is 470. The van der Waals surface area contributed by atoms with Gasteiger partial charge in [0, 0.05) is 32.6 Å². The maximum Gasteiger partial charge on any atom is 0.168 e. The Morgan fingerprint density at radius 3 is 2.30 bits per heavy atom. The Labute approximate surface area is 120 Å². The summed E-state index contributed by atoms with van der Waals surface area (Å²) in [4.78, 5) is 2.06. The first-order valence-corrected chi connectivity index (χ1v) is 7.31. The molecule has 1 aromatic rings. The highest BCUT2D eigenvalue weighted by Gasteiger charge is 2.46. The quantitative estimate of drug-likeness (QED) is 0.900. The normalized spacial score (nSPS) is 23.9. The average molecular weight is 277 g/mol. The van der Waals surface area contributed by atoms with E-state index in [2.05, 4.69) is 17.0 Å². The molecule has 1 aromatic carbocycles. The molecule has 0 bridgehead atoms. The van der Waals surface area contributed by atoms with Gasteiger partial charge in [0.05, 0.1) is 18.8 Å². The molecule has 0 unspecified atom stereocenters. The fourth-order valence-corrected chi connectivity index (χ4v) is 3.19. The van der Waals surface area contributed by atoms with E-state index >= 15 is 0 Å².